The summed E-state index contributed by atoms with van der Waals surface area (Å²) in [7, 11) is 0. The third-order valence-corrected chi connectivity index (χ3v) is 3.20. The second kappa shape index (κ2) is 4.77. The van der Waals surface area contributed by atoms with E-state index in [0.29, 0.717) is 15.7 Å². The number of anilines is 1. The van der Waals surface area contributed by atoms with E-state index < -0.39 is 17.7 Å². The molecule has 18 heavy (non-hydrogen) atoms. The monoisotopic (exact) mass is 311 g/mol. The molecule has 0 unspecified atom stereocenters. The van der Waals surface area contributed by atoms with Gasteiger partial charge in [-0.25, -0.2) is 0 Å². The number of carbonyl (C=O) groups is 3. The number of nitrogens with one attached hydrogen (secondary N) is 1. The molecule has 1 aliphatic heterocycles. The molecular weight excluding hydrogens is 302 g/mol. The van der Waals surface area contributed by atoms with Gasteiger partial charge in [-0.15, -0.1) is 0 Å². The average molecular weight is 312 g/mol. The predicted molar refractivity (Wildman–Crippen MR) is 67.6 cm³/mol. The van der Waals surface area contributed by atoms with Crippen molar-refractivity contribution in [2.75, 3.05) is 18.8 Å². The van der Waals surface area contributed by atoms with Crippen LogP contribution in [0.25, 0.3) is 0 Å². The van der Waals surface area contributed by atoms with Gasteiger partial charge in [0.2, 0.25) is 11.8 Å². The Labute approximate surface area is 111 Å². The van der Waals surface area contributed by atoms with Gasteiger partial charge in [-0.2, -0.15) is 0 Å². The fourth-order valence-electron chi connectivity index (χ4n) is 1.64. The molecule has 7 heteroatoms. The van der Waals surface area contributed by atoms with E-state index in [1.54, 1.807) is 12.1 Å². The van der Waals surface area contributed by atoms with Gasteiger partial charge in [0.1, 0.15) is 13.1 Å². The van der Waals surface area contributed by atoms with Crippen molar-refractivity contribution in [2.45, 2.75) is 0 Å². The Kier molecular flexibility index (Phi) is 3.33. The summed E-state index contributed by atoms with van der Waals surface area (Å²) in [5, 5.41) is 2.13. The number of piperazine rings is 1. The second-order valence-corrected chi connectivity index (χ2v) is 4.72. The maximum Gasteiger partial charge on any atom is 0.254 e. The molecule has 0 atom stereocenters. The van der Waals surface area contributed by atoms with Crippen LogP contribution >= 0.6 is 15.9 Å². The molecule has 94 valence electrons. The lowest BCUT2D eigenvalue weighted by Gasteiger charge is -2.25. The zero-order valence-electron chi connectivity index (χ0n) is 9.27. The number of carbonyl (C=O) groups excluding carboxylic acids is 3. The molecule has 1 aromatic carbocycles. The average Bonchev–Trinajstić information content (AvgIpc) is 2.30. The summed E-state index contributed by atoms with van der Waals surface area (Å²) < 4.78 is 0.687. The van der Waals surface area contributed by atoms with Crippen LogP contribution in [0.5, 0.6) is 0 Å². The maximum absolute atomic E-state index is 12.1. The highest BCUT2D eigenvalue weighted by atomic mass is 79.9. The van der Waals surface area contributed by atoms with Crippen LogP contribution in [-0.2, 0) is 9.59 Å². The zero-order valence-corrected chi connectivity index (χ0v) is 10.9. The number of hydrogen-bond donors (Lipinski definition) is 2. The summed E-state index contributed by atoms with van der Waals surface area (Å²) in [6.45, 7) is -0.249. The first kappa shape index (κ1) is 12.6. The van der Waals surface area contributed by atoms with Crippen molar-refractivity contribution >= 4 is 39.3 Å². The lowest BCUT2D eigenvalue weighted by Crippen LogP contribution is -2.53. The Morgan fingerprint density at radius 3 is 2.44 bits per heavy atom. The normalized spacial score (nSPS) is 15.5. The van der Waals surface area contributed by atoms with Crippen molar-refractivity contribution in [3.63, 3.8) is 0 Å². The van der Waals surface area contributed by atoms with Gasteiger partial charge >= 0.3 is 0 Å². The molecule has 0 bridgehead atoms. The third kappa shape index (κ3) is 2.51. The van der Waals surface area contributed by atoms with Crippen LogP contribution in [0, 0.1) is 0 Å². The van der Waals surface area contributed by atoms with E-state index in [4.69, 9.17) is 5.73 Å². The van der Waals surface area contributed by atoms with Gasteiger partial charge in [0.15, 0.2) is 0 Å². The van der Waals surface area contributed by atoms with Gasteiger partial charge in [-0.05, 0) is 34.1 Å². The zero-order chi connectivity index (χ0) is 13.3. The molecule has 3 N–H and O–H groups in total. The number of nitrogens with two attached hydrogens (primary N) is 1. The van der Waals surface area contributed by atoms with Gasteiger partial charge in [0.25, 0.3) is 5.91 Å². The van der Waals surface area contributed by atoms with Gasteiger partial charge in [-0.3, -0.25) is 19.7 Å². The molecule has 1 saturated heterocycles. The predicted octanol–water partition coefficient (Wildman–Crippen LogP) is 0.130. The number of amides is 3. The van der Waals surface area contributed by atoms with Crippen molar-refractivity contribution in [2.24, 2.45) is 0 Å². The Morgan fingerprint density at radius 2 is 1.89 bits per heavy atom. The molecule has 1 fully saturated rings. The minimum absolute atomic E-state index is 0.124. The summed E-state index contributed by atoms with van der Waals surface area (Å²) in [6, 6.07) is 4.73. The Bertz CT molecular complexity index is 528. The molecule has 1 aliphatic rings. The lowest BCUT2D eigenvalue weighted by atomic mass is 10.1. The molecule has 0 spiro atoms. The van der Waals surface area contributed by atoms with Crippen LogP contribution in [0.15, 0.2) is 22.7 Å². The minimum Gasteiger partial charge on any atom is -0.398 e. The van der Waals surface area contributed by atoms with Gasteiger partial charge in [0.05, 0.1) is 0 Å². The molecule has 1 aromatic rings. The van der Waals surface area contributed by atoms with E-state index in [1.165, 1.54) is 11.0 Å². The molecular formula is C11H10BrN3O3. The number of nitrogen functional groups attached to an aromatic ring is 1. The molecule has 0 aliphatic carbocycles. The van der Waals surface area contributed by atoms with Crippen LogP contribution in [0.2, 0.25) is 0 Å². The van der Waals surface area contributed by atoms with Crippen LogP contribution in [0.3, 0.4) is 0 Å². The summed E-state index contributed by atoms with van der Waals surface area (Å²) in [6.07, 6.45) is 0. The number of rotatable bonds is 1. The first-order valence-corrected chi connectivity index (χ1v) is 5.93. The van der Waals surface area contributed by atoms with Crippen molar-refractivity contribution in [3.05, 3.63) is 28.2 Å². The van der Waals surface area contributed by atoms with E-state index in [2.05, 4.69) is 21.2 Å². The smallest absolute Gasteiger partial charge is 0.254 e. The molecule has 1 heterocycles. The second-order valence-electron chi connectivity index (χ2n) is 3.87. The third-order valence-electron chi connectivity index (χ3n) is 2.48. The fourth-order valence-corrected chi connectivity index (χ4v) is 1.89. The molecule has 6 nitrogen and oxygen atoms in total. The van der Waals surface area contributed by atoms with Crippen molar-refractivity contribution in [3.8, 4) is 0 Å². The van der Waals surface area contributed by atoms with Gasteiger partial charge < -0.3 is 10.6 Å². The fraction of sp³-hybridized carbons (Fsp3) is 0.182. The Morgan fingerprint density at radius 1 is 1.28 bits per heavy atom. The van der Waals surface area contributed by atoms with Gasteiger partial charge in [0, 0.05) is 15.7 Å². The molecule has 0 saturated carbocycles. The number of nitrogens with zero attached hydrogens (tertiary/aromatic N) is 1. The molecule has 0 radical (unpaired) electrons. The minimum atomic E-state index is -0.482. The molecule has 0 aromatic heterocycles. The standard InChI is InChI=1S/C11H10BrN3O3/c12-7-2-1-6(3-8(7)13)11(18)15-4-9(16)14-10(17)5-15/h1-3H,4-5,13H2,(H,14,16,17). The van der Waals surface area contributed by atoms with E-state index in [-0.39, 0.29) is 13.1 Å². The molecule has 3 amide bonds. The first-order valence-electron chi connectivity index (χ1n) is 5.14. The molecule has 2 rings (SSSR count). The highest BCUT2D eigenvalue weighted by Crippen LogP contribution is 2.21. The summed E-state index contributed by atoms with van der Waals surface area (Å²) in [4.78, 5) is 35.6. The van der Waals surface area contributed by atoms with Crippen molar-refractivity contribution in [1.82, 2.24) is 10.2 Å². The van der Waals surface area contributed by atoms with E-state index in [9.17, 15) is 14.4 Å². The van der Waals surface area contributed by atoms with Crippen LogP contribution in [0.4, 0.5) is 5.69 Å². The van der Waals surface area contributed by atoms with Crippen molar-refractivity contribution < 1.29 is 14.4 Å². The van der Waals surface area contributed by atoms with E-state index in [0.717, 1.165) is 0 Å². The summed E-state index contributed by atoms with van der Waals surface area (Å²) in [5.41, 5.74) is 6.45. The highest BCUT2D eigenvalue weighted by Gasteiger charge is 2.27. The first-order chi connectivity index (χ1) is 8.47. The van der Waals surface area contributed by atoms with Crippen LogP contribution in [-0.4, -0.2) is 35.7 Å². The maximum atomic E-state index is 12.1. The van der Waals surface area contributed by atoms with Crippen molar-refractivity contribution in [1.29, 1.82) is 0 Å². The Balaban J connectivity index is 2.22. The Hall–Kier alpha value is -1.89. The topological polar surface area (TPSA) is 92.5 Å². The quantitative estimate of drug-likeness (QED) is 0.569. The SMILES string of the molecule is Nc1cc(C(=O)N2CC(=O)NC(=O)C2)ccc1Br. The van der Waals surface area contributed by atoms with Gasteiger partial charge in [-0.1, -0.05) is 0 Å². The number of benzene rings is 1. The summed E-state index contributed by atoms with van der Waals surface area (Å²) in [5.74, 6) is -1.35. The van der Waals surface area contributed by atoms with E-state index in [1.807, 2.05) is 0 Å². The highest BCUT2D eigenvalue weighted by molar-refractivity contribution is 9.10. The number of halogens is 1. The van der Waals surface area contributed by atoms with E-state index >= 15 is 0 Å². The number of hydrogen-bond acceptors (Lipinski definition) is 4. The number of imide groups is 1. The largest absolute Gasteiger partial charge is 0.398 e. The van der Waals surface area contributed by atoms with Crippen LogP contribution in [0.1, 0.15) is 10.4 Å². The van der Waals surface area contributed by atoms with Crippen LogP contribution < -0.4 is 11.1 Å². The summed E-state index contributed by atoms with van der Waals surface area (Å²) >= 11 is 3.23. The lowest BCUT2D eigenvalue weighted by molar-refractivity contribution is -0.135.